The van der Waals surface area contributed by atoms with Crippen molar-refractivity contribution in [1.29, 1.82) is 0 Å². The van der Waals surface area contributed by atoms with Crippen molar-refractivity contribution in [3.63, 3.8) is 0 Å². The highest BCUT2D eigenvalue weighted by atomic mass is 14.9. The summed E-state index contributed by atoms with van der Waals surface area (Å²) >= 11 is 0. The Labute approximate surface area is 147 Å². The van der Waals surface area contributed by atoms with Gasteiger partial charge in [0, 0.05) is 23.6 Å². The Hall–Kier alpha value is -3.33. The van der Waals surface area contributed by atoms with Crippen LogP contribution in [0.4, 0.5) is 5.69 Å². The maximum absolute atomic E-state index is 4.40. The number of anilines is 1. The molecule has 25 heavy (non-hydrogen) atoms. The molecule has 3 heteroatoms. The van der Waals surface area contributed by atoms with E-state index < -0.39 is 0 Å². The summed E-state index contributed by atoms with van der Waals surface area (Å²) in [5.74, 6) is 0.864. The molecule has 0 spiro atoms. The number of rotatable bonds is 5. The highest BCUT2D eigenvalue weighted by molar-refractivity contribution is 5.74. The largest absolute Gasteiger partial charge is 0.374 e. The fourth-order valence-electron chi connectivity index (χ4n) is 3.03. The third-order valence-electron chi connectivity index (χ3n) is 4.25. The molecule has 4 aromatic rings. The van der Waals surface area contributed by atoms with Crippen molar-refractivity contribution in [2.24, 2.45) is 0 Å². The van der Waals surface area contributed by atoms with Crippen molar-refractivity contribution < 1.29 is 0 Å². The Bertz CT molecular complexity index is 876. The average molecular weight is 325 g/mol. The minimum absolute atomic E-state index is 0.0681. The number of hydrogen-bond donors (Lipinski definition) is 2. The minimum Gasteiger partial charge on any atom is -0.374 e. The third kappa shape index (κ3) is 3.31. The minimum atomic E-state index is 0.0681. The van der Waals surface area contributed by atoms with E-state index in [1.165, 1.54) is 11.1 Å². The average Bonchev–Trinajstić information content (AvgIpc) is 3.22. The molecular weight excluding hydrogens is 306 g/mol. The Kier molecular flexibility index (Phi) is 4.29. The van der Waals surface area contributed by atoms with Gasteiger partial charge >= 0.3 is 0 Å². The SMILES string of the molecule is c1ccc(C(Nc2ccccc2-c2ncc[nH]2)c2ccccc2)cc1. The molecule has 1 aromatic heterocycles. The van der Waals surface area contributed by atoms with Gasteiger partial charge in [0.2, 0.25) is 0 Å². The maximum Gasteiger partial charge on any atom is 0.139 e. The Morgan fingerprint density at radius 1 is 0.720 bits per heavy atom. The van der Waals surface area contributed by atoms with Gasteiger partial charge < -0.3 is 10.3 Å². The van der Waals surface area contributed by atoms with E-state index in [0.29, 0.717) is 0 Å². The molecule has 0 saturated carbocycles. The molecule has 0 amide bonds. The van der Waals surface area contributed by atoms with E-state index in [0.717, 1.165) is 17.1 Å². The molecule has 0 saturated heterocycles. The third-order valence-corrected chi connectivity index (χ3v) is 4.25. The summed E-state index contributed by atoms with van der Waals surface area (Å²) in [7, 11) is 0. The summed E-state index contributed by atoms with van der Waals surface area (Å²) in [6.07, 6.45) is 3.62. The second-order valence-corrected chi connectivity index (χ2v) is 5.88. The van der Waals surface area contributed by atoms with Crippen LogP contribution in [0.25, 0.3) is 11.4 Å². The standard InChI is InChI=1S/C22H19N3/c1-3-9-17(10-4-1)21(18-11-5-2-6-12-18)25-20-14-8-7-13-19(20)22-23-15-16-24-22/h1-16,21,25H,(H,23,24). The number of H-pyrrole nitrogens is 1. The van der Waals surface area contributed by atoms with Gasteiger partial charge in [0.25, 0.3) is 0 Å². The zero-order valence-electron chi connectivity index (χ0n) is 13.8. The number of hydrogen-bond acceptors (Lipinski definition) is 2. The summed E-state index contributed by atoms with van der Waals surface area (Å²) in [5.41, 5.74) is 4.56. The first-order valence-corrected chi connectivity index (χ1v) is 8.37. The van der Waals surface area contributed by atoms with Crippen LogP contribution in [-0.2, 0) is 0 Å². The Morgan fingerprint density at radius 3 is 1.92 bits per heavy atom. The lowest BCUT2D eigenvalue weighted by Crippen LogP contribution is -2.13. The molecule has 0 aliphatic heterocycles. The molecule has 0 fully saturated rings. The first-order chi connectivity index (χ1) is 12.4. The van der Waals surface area contributed by atoms with E-state index >= 15 is 0 Å². The van der Waals surface area contributed by atoms with Crippen LogP contribution in [-0.4, -0.2) is 9.97 Å². The molecule has 1 heterocycles. The van der Waals surface area contributed by atoms with E-state index in [9.17, 15) is 0 Å². The second-order valence-electron chi connectivity index (χ2n) is 5.88. The van der Waals surface area contributed by atoms with Gasteiger partial charge in [-0.2, -0.15) is 0 Å². The van der Waals surface area contributed by atoms with Gasteiger partial charge in [-0.05, 0) is 23.3 Å². The molecule has 0 atom stereocenters. The molecule has 0 unspecified atom stereocenters. The summed E-state index contributed by atoms with van der Waals surface area (Å²) in [5, 5.41) is 3.71. The summed E-state index contributed by atoms with van der Waals surface area (Å²) < 4.78 is 0. The van der Waals surface area contributed by atoms with Crippen LogP contribution < -0.4 is 5.32 Å². The summed E-state index contributed by atoms with van der Waals surface area (Å²) in [4.78, 5) is 7.60. The molecule has 0 bridgehead atoms. The van der Waals surface area contributed by atoms with E-state index in [2.05, 4.69) is 75.9 Å². The Morgan fingerprint density at radius 2 is 1.32 bits per heavy atom. The number of nitrogens with zero attached hydrogens (tertiary/aromatic N) is 1. The van der Waals surface area contributed by atoms with E-state index in [1.54, 1.807) is 6.20 Å². The zero-order valence-corrected chi connectivity index (χ0v) is 13.8. The van der Waals surface area contributed by atoms with Crippen molar-refractivity contribution in [1.82, 2.24) is 9.97 Å². The van der Waals surface area contributed by atoms with Crippen LogP contribution >= 0.6 is 0 Å². The molecule has 2 N–H and O–H groups in total. The van der Waals surface area contributed by atoms with Gasteiger partial charge in [0.15, 0.2) is 0 Å². The van der Waals surface area contributed by atoms with Crippen molar-refractivity contribution in [3.05, 3.63) is 108 Å². The van der Waals surface area contributed by atoms with Crippen molar-refractivity contribution in [2.75, 3.05) is 5.32 Å². The molecule has 0 aliphatic carbocycles. The van der Waals surface area contributed by atoms with Gasteiger partial charge in [-0.15, -0.1) is 0 Å². The number of benzene rings is 3. The van der Waals surface area contributed by atoms with Gasteiger partial charge in [0.1, 0.15) is 5.82 Å². The molecule has 3 aromatic carbocycles. The monoisotopic (exact) mass is 325 g/mol. The smallest absolute Gasteiger partial charge is 0.139 e. The number of imidazole rings is 1. The second kappa shape index (κ2) is 7.05. The van der Waals surface area contributed by atoms with E-state index in [-0.39, 0.29) is 6.04 Å². The van der Waals surface area contributed by atoms with Crippen molar-refractivity contribution in [2.45, 2.75) is 6.04 Å². The predicted octanol–water partition coefficient (Wildman–Crippen LogP) is 5.28. The molecule has 0 aliphatic rings. The Balaban J connectivity index is 1.76. The molecule has 4 rings (SSSR count). The fourth-order valence-corrected chi connectivity index (χ4v) is 3.03. The van der Waals surface area contributed by atoms with Gasteiger partial charge in [-0.1, -0.05) is 72.8 Å². The van der Waals surface area contributed by atoms with Crippen LogP contribution in [0.5, 0.6) is 0 Å². The molecule has 3 nitrogen and oxygen atoms in total. The highest BCUT2D eigenvalue weighted by Gasteiger charge is 2.16. The lowest BCUT2D eigenvalue weighted by atomic mass is 9.98. The number of aromatic nitrogens is 2. The normalized spacial score (nSPS) is 10.8. The van der Waals surface area contributed by atoms with Crippen molar-refractivity contribution >= 4 is 5.69 Å². The van der Waals surface area contributed by atoms with Crippen LogP contribution in [0.1, 0.15) is 17.2 Å². The quantitative estimate of drug-likeness (QED) is 0.524. The maximum atomic E-state index is 4.40. The number of aromatic amines is 1. The van der Waals surface area contributed by atoms with Crippen LogP contribution in [0.2, 0.25) is 0 Å². The van der Waals surface area contributed by atoms with Gasteiger partial charge in [-0.3, -0.25) is 0 Å². The lowest BCUT2D eigenvalue weighted by Gasteiger charge is -2.22. The van der Waals surface area contributed by atoms with Gasteiger partial charge in [-0.25, -0.2) is 4.98 Å². The topological polar surface area (TPSA) is 40.7 Å². The molecular formula is C22H19N3. The first-order valence-electron chi connectivity index (χ1n) is 8.37. The molecule has 122 valence electrons. The van der Waals surface area contributed by atoms with Crippen molar-refractivity contribution in [3.8, 4) is 11.4 Å². The summed E-state index contributed by atoms with van der Waals surface area (Å²) in [6.45, 7) is 0. The predicted molar refractivity (Wildman–Crippen MR) is 102 cm³/mol. The van der Waals surface area contributed by atoms with Crippen LogP contribution in [0, 0.1) is 0 Å². The number of nitrogens with one attached hydrogen (secondary N) is 2. The van der Waals surface area contributed by atoms with Gasteiger partial charge in [0.05, 0.1) is 6.04 Å². The highest BCUT2D eigenvalue weighted by Crippen LogP contribution is 2.31. The van der Waals surface area contributed by atoms with E-state index in [1.807, 2.05) is 30.5 Å². The number of para-hydroxylation sites is 1. The summed E-state index contributed by atoms with van der Waals surface area (Å²) in [6, 6.07) is 29.3. The van der Waals surface area contributed by atoms with E-state index in [4.69, 9.17) is 0 Å². The zero-order chi connectivity index (χ0) is 16.9. The lowest BCUT2D eigenvalue weighted by molar-refractivity contribution is 0.939. The first kappa shape index (κ1) is 15.2. The fraction of sp³-hybridized carbons (Fsp3) is 0.0455. The van der Waals surface area contributed by atoms with Crippen LogP contribution in [0.3, 0.4) is 0 Å². The molecule has 0 radical (unpaired) electrons. The van der Waals surface area contributed by atoms with Crippen LogP contribution in [0.15, 0.2) is 97.3 Å².